The van der Waals surface area contributed by atoms with Crippen molar-refractivity contribution in [3.05, 3.63) is 212 Å². The van der Waals surface area contributed by atoms with E-state index in [0.717, 1.165) is 82.9 Å². The van der Waals surface area contributed by atoms with Gasteiger partial charge in [-0.15, -0.1) is 0 Å². The van der Waals surface area contributed by atoms with Gasteiger partial charge in [-0.25, -0.2) is 15.0 Å². The van der Waals surface area contributed by atoms with E-state index in [9.17, 15) is 0 Å². The third-order valence-corrected chi connectivity index (χ3v) is 12.4. The van der Waals surface area contributed by atoms with Gasteiger partial charge in [0.25, 0.3) is 0 Å². The number of nitrogens with zero attached hydrogens (tertiary/aromatic N) is 5. The van der Waals surface area contributed by atoms with Crippen molar-refractivity contribution in [1.82, 2.24) is 24.1 Å². The Kier molecular flexibility index (Phi) is 7.80. The van der Waals surface area contributed by atoms with Gasteiger partial charge in [0.15, 0.2) is 23.1 Å². The molecule has 6 heteroatoms. The Morgan fingerprint density at radius 3 is 1.48 bits per heavy atom. The van der Waals surface area contributed by atoms with Crippen molar-refractivity contribution < 1.29 is 4.42 Å². The van der Waals surface area contributed by atoms with Crippen molar-refractivity contribution in [2.75, 3.05) is 0 Å². The lowest BCUT2D eigenvalue weighted by atomic mass is 10.0. The Morgan fingerprint density at radius 2 is 0.794 bits per heavy atom. The second-order valence-electron chi connectivity index (χ2n) is 16.0. The molecule has 0 aliphatic rings. The number of hydrogen-bond acceptors (Lipinski definition) is 4. The topological polar surface area (TPSA) is 61.7 Å². The van der Waals surface area contributed by atoms with Gasteiger partial charge in [0.1, 0.15) is 5.58 Å². The fourth-order valence-corrected chi connectivity index (χ4v) is 9.44. The molecule has 0 atom stereocenters. The monoisotopic (exact) mass is 805 g/mol. The molecule has 0 spiro atoms. The molecule has 13 aromatic rings. The van der Waals surface area contributed by atoms with Crippen LogP contribution in [0, 0.1) is 0 Å². The first-order valence-electron chi connectivity index (χ1n) is 21.2. The lowest BCUT2D eigenvalue weighted by molar-refractivity contribution is 0.671. The van der Waals surface area contributed by atoms with Crippen LogP contribution in [-0.2, 0) is 0 Å². The van der Waals surface area contributed by atoms with E-state index in [1.807, 2.05) is 36.4 Å². The molecule has 0 fully saturated rings. The van der Waals surface area contributed by atoms with Gasteiger partial charge in [-0.05, 0) is 71.8 Å². The van der Waals surface area contributed by atoms with Crippen LogP contribution in [0.15, 0.2) is 217 Å². The zero-order valence-corrected chi connectivity index (χ0v) is 33.9. The smallest absolute Gasteiger partial charge is 0.164 e. The molecule has 294 valence electrons. The number of fused-ring (bicyclic) bond motifs is 10. The van der Waals surface area contributed by atoms with Crippen molar-refractivity contribution in [2.24, 2.45) is 0 Å². The van der Waals surface area contributed by atoms with Crippen molar-refractivity contribution >= 4 is 65.6 Å². The maximum Gasteiger partial charge on any atom is 0.164 e. The summed E-state index contributed by atoms with van der Waals surface area (Å²) in [6.45, 7) is 0. The van der Waals surface area contributed by atoms with Gasteiger partial charge in [-0.3, -0.25) is 0 Å². The van der Waals surface area contributed by atoms with Crippen molar-refractivity contribution in [1.29, 1.82) is 0 Å². The van der Waals surface area contributed by atoms with Crippen LogP contribution in [0.4, 0.5) is 0 Å². The molecule has 0 aliphatic heterocycles. The normalized spacial score (nSPS) is 11.8. The molecule has 0 amide bonds. The predicted molar refractivity (Wildman–Crippen MR) is 258 cm³/mol. The highest BCUT2D eigenvalue weighted by molar-refractivity contribution is 6.22. The summed E-state index contributed by atoms with van der Waals surface area (Å²) in [6.07, 6.45) is 0. The molecule has 0 N–H and O–H groups in total. The van der Waals surface area contributed by atoms with Crippen LogP contribution in [0.25, 0.3) is 122 Å². The van der Waals surface area contributed by atoms with Gasteiger partial charge >= 0.3 is 0 Å². The SMILES string of the molecule is c1ccc(-c2ccc(-c3nc(-c4ccccc4)nc(-c4ccc5c(c4)c4ccc6c7ccc(-n8c9ccccc9c9ccccc98)cc7oc6c4n5-c4ccccc4)n3)cc2)cc1. The molecule has 0 radical (unpaired) electrons. The highest BCUT2D eigenvalue weighted by atomic mass is 16.3. The molecule has 4 aromatic heterocycles. The third-order valence-electron chi connectivity index (χ3n) is 12.4. The highest BCUT2D eigenvalue weighted by Crippen LogP contribution is 2.42. The summed E-state index contributed by atoms with van der Waals surface area (Å²) in [4.78, 5) is 15.3. The highest BCUT2D eigenvalue weighted by Gasteiger charge is 2.22. The van der Waals surface area contributed by atoms with Crippen LogP contribution < -0.4 is 0 Å². The number of para-hydroxylation sites is 3. The molecule has 0 saturated heterocycles. The van der Waals surface area contributed by atoms with E-state index in [2.05, 4.69) is 185 Å². The third kappa shape index (κ3) is 5.62. The van der Waals surface area contributed by atoms with Gasteiger partial charge in [0.2, 0.25) is 0 Å². The van der Waals surface area contributed by atoms with Crippen molar-refractivity contribution in [3.8, 4) is 56.7 Å². The Hall–Kier alpha value is -8.61. The minimum Gasteiger partial charge on any atom is -0.454 e. The van der Waals surface area contributed by atoms with E-state index < -0.39 is 0 Å². The van der Waals surface area contributed by atoms with Gasteiger partial charge in [-0.1, -0.05) is 146 Å². The molecule has 0 unspecified atom stereocenters. The zero-order valence-electron chi connectivity index (χ0n) is 33.9. The first-order chi connectivity index (χ1) is 31.2. The van der Waals surface area contributed by atoms with Gasteiger partial charge < -0.3 is 13.6 Å². The minimum absolute atomic E-state index is 0.607. The Balaban J connectivity index is 1.00. The molecule has 63 heavy (non-hydrogen) atoms. The molecule has 13 rings (SSSR count). The van der Waals surface area contributed by atoms with Gasteiger partial charge in [-0.2, -0.15) is 0 Å². The van der Waals surface area contributed by atoms with Crippen LogP contribution in [0.2, 0.25) is 0 Å². The lowest BCUT2D eigenvalue weighted by Gasteiger charge is -2.10. The molecule has 9 aromatic carbocycles. The molecule has 0 aliphatic carbocycles. The Morgan fingerprint density at radius 1 is 0.302 bits per heavy atom. The predicted octanol–water partition coefficient (Wildman–Crippen LogP) is 14.6. The number of rotatable bonds is 6. The summed E-state index contributed by atoms with van der Waals surface area (Å²) in [5.74, 6) is 1.85. The van der Waals surface area contributed by atoms with Crippen LogP contribution in [0.5, 0.6) is 0 Å². The van der Waals surface area contributed by atoms with Gasteiger partial charge in [0.05, 0.1) is 22.1 Å². The Labute approximate surface area is 361 Å². The van der Waals surface area contributed by atoms with E-state index in [1.54, 1.807) is 0 Å². The number of benzene rings is 9. The second-order valence-corrected chi connectivity index (χ2v) is 16.0. The number of furan rings is 1. The summed E-state index contributed by atoms with van der Waals surface area (Å²) >= 11 is 0. The Bertz CT molecular complexity index is 3830. The standard InChI is InChI=1S/C57H35N5O/c1-4-14-36(15-5-1)37-24-26-39(27-25-37)56-58-55(38-16-6-2-7-17-38)59-57(60-56)40-28-33-51-48(34-40)46-31-32-47-45-30-29-42(61-49-22-12-10-20-43(49)44-21-11-13-23-50(44)61)35-52(45)63-54(47)53(46)62(51)41-18-8-3-9-19-41/h1-35H. The summed E-state index contributed by atoms with van der Waals surface area (Å²) in [6, 6.07) is 74.3. The van der Waals surface area contributed by atoms with E-state index >= 15 is 0 Å². The van der Waals surface area contributed by atoms with E-state index in [-0.39, 0.29) is 0 Å². The molecule has 6 nitrogen and oxygen atoms in total. The largest absolute Gasteiger partial charge is 0.454 e. The fraction of sp³-hybridized carbons (Fsp3) is 0. The first kappa shape index (κ1) is 35.2. The van der Waals surface area contributed by atoms with Crippen LogP contribution >= 0.6 is 0 Å². The average molecular weight is 806 g/mol. The zero-order chi connectivity index (χ0) is 41.4. The van der Waals surface area contributed by atoms with Crippen molar-refractivity contribution in [3.63, 3.8) is 0 Å². The minimum atomic E-state index is 0.607. The van der Waals surface area contributed by atoms with Crippen LogP contribution in [-0.4, -0.2) is 24.1 Å². The lowest BCUT2D eigenvalue weighted by Crippen LogP contribution is -2.00. The molecular formula is C57H35N5O. The van der Waals surface area contributed by atoms with E-state index in [1.165, 1.54) is 21.8 Å². The number of hydrogen-bond donors (Lipinski definition) is 0. The fourth-order valence-electron chi connectivity index (χ4n) is 9.44. The maximum absolute atomic E-state index is 7.03. The number of aromatic nitrogens is 5. The van der Waals surface area contributed by atoms with Crippen LogP contribution in [0.3, 0.4) is 0 Å². The van der Waals surface area contributed by atoms with E-state index in [4.69, 9.17) is 19.4 Å². The molecule has 0 bridgehead atoms. The summed E-state index contributed by atoms with van der Waals surface area (Å²) in [5, 5.41) is 6.76. The quantitative estimate of drug-likeness (QED) is 0.168. The summed E-state index contributed by atoms with van der Waals surface area (Å²) in [5.41, 5.74) is 13.3. The van der Waals surface area contributed by atoms with Crippen molar-refractivity contribution in [2.45, 2.75) is 0 Å². The summed E-state index contributed by atoms with van der Waals surface area (Å²) in [7, 11) is 0. The van der Waals surface area contributed by atoms with E-state index in [0.29, 0.717) is 17.5 Å². The molecule has 4 heterocycles. The maximum atomic E-state index is 7.03. The molecule has 0 saturated carbocycles. The van der Waals surface area contributed by atoms with Gasteiger partial charge in [0, 0.05) is 66.4 Å². The second kappa shape index (κ2) is 14.0. The molecular weight excluding hydrogens is 771 g/mol. The average Bonchev–Trinajstić information content (AvgIpc) is 4.02. The first-order valence-corrected chi connectivity index (χ1v) is 21.2. The summed E-state index contributed by atoms with van der Waals surface area (Å²) < 4.78 is 11.7. The van der Waals surface area contributed by atoms with Crippen LogP contribution in [0.1, 0.15) is 0 Å².